The van der Waals surface area contributed by atoms with Crippen LogP contribution in [0.25, 0.3) is 11.1 Å². The van der Waals surface area contributed by atoms with Crippen LogP contribution in [0.5, 0.6) is 0 Å². The highest BCUT2D eigenvalue weighted by atomic mass is 16.5. The van der Waals surface area contributed by atoms with E-state index in [0.29, 0.717) is 12.3 Å². The number of nitrogens with zero attached hydrogens (tertiary/aromatic N) is 1. The molecule has 2 amide bonds. The summed E-state index contributed by atoms with van der Waals surface area (Å²) in [7, 11) is 0. The zero-order valence-electron chi connectivity index (χ0n) is 18.9. The maximum Gasteiger partial charge on any atom is 0.407 e. The molecule has 0 aliphatic heterocycles. The van der Waals surface area contributed by atoms with Gasteiger partial charge in [0, 0.05) is 5.92 Å². The van der Waals surface area contributed by atoms with Crippen LogP contribution in [0, 0.1) is 5.92 Å². The highest BCUT2D eigenvalue weighted by Crippen LogP contribution is 2.44. The summed E-state index contributed by atoms with van der Waals surface area (Å²) in [4.78, 5) is 36.5. The van der Waals surface area contributed by atoms with E-state index < -0.39 is 24.0 Å². The summed E-state index contributed by atoms with van der Waals surface area (Å²) >= 11 is 0. The summed E-state index contributed by atoms with van der Waals surface area (Å²) in [6.07, 6.45) is 2.82. The Hall–Kier alpha value is -4.14. The number of carbonyl (C=O) groups excluding carboxylic acids is 2. The highest BCUT2D eigenvalue weighted by molar-refractivity contribution is 5.97. The quantitative estimate of drug-likeness (QED) is 0.430. The van der Waals surface area contributed by atoms with Crippen LogP contribution in [-0.4, -0.2) is 40.9 Å². The van der Waals surface area contributed by atoms with E-state index >= 15 is 0 Å². The molecule has 1 unspecified atom stereocenters. The van der Waals surface area contributed by atoms with Gasteiger partial charge in [0.05, 0.1) is 6.54 Å². The van der Waals surface area contributed by atoms with Gasteiger partial charge in [-0.3, -0.25) is 4.79 Å². The second kappa shape index (κ2) is 9.61. The van der Waals surface area contributed by atoms with E-state index in [1.165, 1.54) is 0 Å². The Kier molecular flexibility index (Phi) is 6.22. The molecule has 1 heterocycles. The fourth-order valence-electron chi connectivity index (χ4n) is 4.52. The summed E-state index contributed by atoms with van der Waals surface area (Å²) in [5.74, 6) is -1.43. The summed E-state index contributed by atoms with van der Waals surface area (Å²) in [5.41, 5.74) is 4.75. The Bertz CT molecular complexity index is 1220. The fourth-order valence-corrected chi connectivity index (χ4v) is 4.52. The minimum atomic E-state index is -1.08. The average Bonchev–Trinajstić information content (AvgIpc) is 3.45. The summed E-state index contributed by atoms with van der Waals surface area (Å²) in [6.45, 7) is 0.0593. The highest BCUT2D eigenvalue weighted by Gasteiger charge is 2.32. The fraction of sp³-hybridized carbons (Fsp3) is 0.308. The van der Waals surface area contributed by atoms with Crippen LogP contribution in [0.3, 0.4) is 0 Å². The smallest absolute Gasteiger partial charge is 0.407 e. The van der Waals surface area contributed by atoms with Gasteiger partial charge >= 0.3 is 12.1 Å². The first-order chi connectivity index (χ1) is 17.0. The Balaban J connectivity index is 1.17. The van der Waals surface area contributed by atoms with E-state index in [9.17, 15) is 19.5 Å². The number of hydrogen-bond acceptors (Lipinski definition) is 6. The monoisotopic (exact) mass is 475 g/mol. The lowest BCUT2D eigenvalue weighted by atomic mass is 9.98. The van der Waals surface area contributed by atoms with Gasteiger partial charge in [0.15, 0.2) is 0 Å². The maximum atomic E-state index is 12.6. The van der Waals surface area contributed by atoms with E-state index in [-0.39, 0.29) is 30.3 Å². The second-order valence-corrected chi connectivity index (χ2v) is 8.90. The molecule has 1 saturated carbocycles. The summed E-state index contributed by atoms with van der Waals surface area (Å²) < 4.78 is 10.4. The van der Waals surface area contributed by atoms with Crippen LogP contribution in [0.2, 0.25) is 0 Å². The molecule has 2 aliphatic rings. The molecule has 0 saturated heterocycles. The van der Waals surface area contributed by atoms with Gasteiger partial charge in [0.1, 0.15) is 30.2 Å². The lowest BCUT2D eigenvalue weighted by Gasteiger charge is -2.15. The molecule has 2 aliphatic carbocycles. The molecule has 0 bridgehead atoms. The minimum Gasteiger partial charge on any atom is -0.480 e. The molecule has 9 nitrogen and oxygen atoms in total. The largest absolute Gasteiger partial charge is 0.480 e. The molecule has 2 aromatic carbocycles. The number of alkyl carbamates (subject to hydrolysis) is 1. The molecule has 35 heavy (non-hydrogen) atoms. The third-order valence-corrected chi connectivity index (χ3v) is 6.50. The maximum absolute atomic E-state index is 12.6. The van der Waals surface area contributed by atoms with Crippen LogP contribution in [0.15, 0.2) is 59.3 Å². The Morgan fingerprint density at radius 3 is 2.34 bits per heavy atom. The van der Waals surface area contributed by atoms with Crippen molar-refractivity contribution in [1.82, 2.24) is 15.8 Å². The van der Waals surface area contributed by atoms with Crippen molar-refractivity contribution in [2.24, 2.45) is 5.92 Å². The van der Waals surface area contributed by atoms with Gasteiger partial charge in [-0.05, 0) is 34.6 Å². The van der Waals surface area contributed by atoms with Crippen molar-refractivity contribution in [3.8, 4) is 11.1 Å². The first-order valence-corrected chi connectivity index (χ1v) is 11.6. The van der Waals surface area contributed by atoms with Gasteiger partial charge in [-0.15, -0.1) is 0 Å². The van der Waals surface area contributed by atoms with Crippen LogP contribution >= 0.6 is 0 Å². The van der Waals surface area contributed by atoms with E-state index in [4.69, 9.17) is 9.26 Å². The van der Waals surface area contributed by atoms with Gasteiger partial charge in [-0.1, -0.05) is 66.5 Å². The lowest BCUT2D eigenvalue weighted by molar-refractivity contribution is -0.139. The SMILES string of the molecule is O=C(NCc1nocc1C(=O)NC(CC1CC1)C(=O)O)OCC1c2ccccc2-c2ccccc21. The van der Waals surface area contributed by atoms with E-state index in [0.717, 1.165) is 41.4 Å². The Morgan fingerprint density at radius 2 is 1.71 bits per heavy atom. The van der Waals surface area contributed by atoms with Crippen LogP contribution in [-0.2, 0) is 16.1 Å². The molecule has 0 spiro atoms. The van der Waals surface area contributed by atoms with Crippen molar-refractivity contribution in [3.05, 3.63) is 77.2 Å². The van der Waals surface area contributed by atoms with Crippen molar-refractivity contribution in [2.45, 2.75) is 37.8 Å². The number of ether oxygens (including phenoxy) is 1. The molecular weight excluding hydrogens is 450 g/mol. The molecule has 0 radical (unpaired) electrons. The topological polar surface area (TPSA) is 131 Å². The van der Waals surface area contributed by atoms with Crippen molar-refractivity contribution < 1.29 is 28.8 Å². The molecule has 3 aromatic rings. The minimum absolute atomic E-state index is 0.0686. The average molecular weight is 476 g/mol. The molecule has 5 rings (SSSR count). The molecule has 3 N–H and O–H groups in total. The predicted octanol–water partition coefficient (Wildman–Crippen LogP) is 3.70. The normalized spacial score (nSPS) is 15.1. The Morgan fingerprint density at radius 1 is 1.06 bits per heavy atom. The van der Waals surface area contributed by atoms with E-state index in [1.54, 1.807) is 0 Å². The van der Waals surface area contributed by atoms with Crippen LogP contribution in [0.4, 0.5) is 4.79 Å². The van der Waals surface area contributed by atoms with E-state index in [1.807, 2.05) is 36.4 Å². The van der Waals surface area contributed by atoms with Gasteiger partial charge in [-0.25, -0.2) is 9.59 Å². The predicted molar refractivity (Wildman–Crippen MR) is 125 cm³/mol. The van der Waals surface area contributed by atoms with Gasteiger partial charge in [0.25, 0.3) is 5.91 Å². The number of carbonyl (C=O) groups is 3. The number of benzene rings is 2. The van der Waals surface area contributed by atoms with Crippen molar-refractivity contribution in [1.29, 1.82) is 0 Å². The number of amides is 2. The number of aliphatic carboxylic acids is 1. The van der Waals surface area contributed by atoms with E-state index in [2.05, 4.69) is 27.9 Å². The molecule has 1 aromatic heterocycles. The number of fused-ring (bicyclic) bond motifs is 3. The van der Waals surface area contributed by atoms with Crippen molar-refractivity contribution in [2.75, 3.05) is 6.61 Å². The van der Waals surface area contributed by atoms with Gasteiger partial charge in [0.2, 0.25) is 0 Å². The molecular formula is C26H25N3O6. The van der Waals surface area contributed by atoms with Gasteiger partial charge in [-0.2, -0.15) is 0 Å². The number of carboxylic acids is 1. The Labute approximate surface area is 201 Å². The second-order valence-electron chi connectivity index (χ2n) is 8.90. The standard InChI is InChI=1S/C26H25N3O6/c30-24(28-22(25(31)32)11-15-9-10-15)21-14-35-29-23(21)12-27-26(33)34-13-20-18-7-3-1-5-16(18)17-6-2-4-8-19(17)20/h1-8,14-15,20,22H,9-13H2,(H,27,33)(H,28,30)(H,31,32). The van der Waals surface area contributed by atoms with Gasteiger partial charge < -0.3 is 25.0 Å². The zero-order valence-corrected chi connectivity index (χ0v) is 18.9. The van der Waals surface area contributed by atoms with Crippen molar-refractivity contribution in [3.63, 3.8) is 0 Å². The molecule has 1 atom stereocenters. The zero-order chi connectivity index (χ0) is 24.4. The molecule has 180 valence electrons. The summed E-state index contributed by atoms with van der Waals surface area (Å²) in [6, 6.07) is 15.1. The number of rotatable bonds is 9. The lowest BCUT2D eigenvalue weighted by Crippen LogP contribution is -2.41. The first kappa shape index (κ1) is 22.6. The number of hydrogen-bond donors (Lipinski definition) is 3. The number of carboxylic acid groups (broad SMARTS) is 1. The number of aromatic nitrogens is 1. The molecule has 9 heteroatoms. The number of nitrogens with one attached hydrogen (secondary N) is 2. The molecule has 1 fully saturated rings. The van der Waals surface area contributed by atoms with Crippen LogP contribution < -0.4 is 10.6 Å². The third kappa shape index (κ3) is 4.89. The van der Waals surface area contributed by atoms with Crippen LogP contribution in [0.1, 0.15) is 52.4 Å². The summed E-state index contributed by atoms with van der Waals surface area (Å²) in [5, 5.41) is 18.3. The first-order valence-electron chi connectivity index (χ1n) is 11.6. The van der Waals surface area contributed by atoms with Crippen molar-refractivity contribution >= 4 is 18.0 Å². The third-order valence-electron chi connectivity index (χ3n) is 6.50.